The largest absolute Gasteiger partial charge is 1.00 e. The van der Waals surface area contributed by atoms with Crippen molar-refractivity contribution in [1.82, 2.24) is 0 Å². The Morgan fingerprint density at radius 1 is 0.846 bits per heavy atom. The van der Waals surface area contributed by atoms with Crippen LogP contribution in [-0.2, 0) is 29.5 Å². The van der Waals surface area contributed by atoms with Crippen molar-refractivity contribution < 1.29 is 86.0 Å². The summed E-state index contributed by atoms with van der Waals surface area (Å²) in [7, 11) is -10.0. The van der Waals surface area contributed by atoms with Crippen LogP contribution in [-0.4, -0.2) is 25.9 Å². The van der Waals surface area contributed by atoms with E-state index < -0.39 is 20.8 Å². The Hall–Kier alpha value is 0.976. The first-order valence-electron chi connectivity index (χ1n) is 1.71. The summed E-state index contributed by atoms with van der Waals surface area (Å²) >= 11 is 0. The third-order valence-electron chi connectivity index (χ3n) is 0.200. The van der Waals surface area contributed by atoms with Crippen LogP contribution in [0.1, 0.15) is 0 Å². The van der Waals surface area contributed by atoms with E-state index in [1.54, 1.807) is 0 Å². The predicted octanol–water partition coefficient (Wildman–Crippen LogP) is -4.13. The van der Waals surface area contributed by atoms with Crippen LogP contribution in [0.4, 0.5) is 0 Å². The molecule has 0 aliphatic rings. The minimum absolute atomic E-state index is 0. The molecule has 0 aromatic rings. The average Bonchev–Trinajstić information content (AvgIpc) is 1.86. The summed E-state index contributed by atoms with van der Waals surface area (Å²) in [6.45, 7) is 0. The Kier molecular flexibility index (Phi) is 12.5. The quantitative estimate of drug-likeness (QED) is 0.222. The first-order valence-corrected chi connectivity index (χ1v) is 4.44. The molecule has 0 aliphatic carbocycles. The molecule has 0 saturated carbocycles. The minimum atomic E-state index is -5.02. The van der Waals surface area contributed by atoms with E-state index in [4.69, 9.17) is 19.6 Å². The van der Waals surface area contributed by atoms with Gasteiger partial charge in [0.2, 0.25) is 0 Å². The summed E-state index contributed by atoms with van der Waals surface area (Å²) in [4.78, 5) is 7.25. The van der Waals surface area contributed by atoms with Gasteiger partial charge >= 0.3 is 72.2 Å². The molecular weight excluding hydrogens is 261 g/mol. The number of nitrogens with zero attached hydrogens (tertiary/aromatic N) is 1. The fourth-order valence-corrected chi connectivity index (χ4v) is 0.632. The monoisotopic (exact) mass is 263 g/mol. The number of rotatable bonds is 3. The van der Waals surface area contributed by atoms with E-state index in [0.717, 1.165) is 0 Å². The molecule has 0 spiro atoms. The molecule has 13 heavy (non-hydrogen) atoms. The summed E-state index contributed by atoms with van der Waals surface area (Å²) in [5.74, 6) is 0. The molecule has 13 heteroatoms. The van der Waals surface area contributed by atoms with Crippen LogP contribution in [0.5, 0.6) is 0 Å². The summed E-state index contributed by atoms with van der Waals surface area (Å²) in [6.07, 6.45) is 0. The van der Waals surface area contributed by atoms with Gasteiger partial charge in [-0.25, -0.2) is 0 Å². The van der Waals surface area contributed by atoms with Crippen molar-refractivity contribution in [2.45, 2.75) is 0 Å². The predicted molar refractivity (Wildman–Crippen MR) is 32.0 cm³/mol. The molecule has 0 aromatic carbocycles. The van der Waals surface area contributed by atoms with E-state index in [0.29, 0.717) is 0 Å². The van der Waals surface area contributed by atoms with Gasteiger partial charge < -0.3 is 10.5 Å². The SMILES string of the molecule is O=S(=O)(O)OOS(=O)(=O)O.[K+].[N-]=O. The van der Waals surface area contributed by atoms with Crippen molar-refractivity contribution in [1.29, 1.82) is 0 Å². The number of nitroso groups, excluding NO2 is 1. The first-order chi connectivity index (χ1) is 5.21. The Balaban J connectivity index is -0.000000309. The van der Waals surface area contributed by atoms with Gasteiger partial charge in [-0.05, 0) is 0 Å². The molecule has 0 aliphatic heterocycles. The molecule has 0 heterocycles. The fourth-order valence-electron chi connectivity index (χ4n) is 0.0702. The Labute approximate surface area is 116 Å². The van der Waals surface area contributed by atoms with Gasteiger partial charge in [0, 0.05) is 0 Å². The zero-order chi connectivity index (χ0) is 10.4. The second-order valence-electron chi connectivity index (χ2n) is 0.992. The van der Waals surface area contributed by atoms with Crippen LogP contribution in [0.3, 0.4) is 0 Å². The number of hydrogen-bond donors (Lipinski definition) is 2. The zero-order valence-corrected chi connectivity index (χ0v) is 10.8. The molecule has 74 valence electrons. The van der Waals surface area contributed by atoms with Crippen molar-refractivity contribution in [3.8, 4) is 0 Å². The summed E-state index contributed by atoms with van der Waals surface area (Å²) in [6, 6.07) is 0. The minimum Gasteiger partial charge on any atom is -0.577 e. The molecule has 0 saturated heterocycles. The van der Waals surface area contributed by atoms with Gasteiger partial charge in [-0.3, -0.25) is 9.11 Å². The molecule has 0 amide bonds. The van der Waals surface area contributed by atoms with Gasteiger partial charge in [0.15, 0.2) is 0 Å². The molecule has 0 radical (unpaired) electrons. The van der Waals surface area contributed by atoms with E-state index >= 15 is 0 Å². The van der Waals surface area contributed by atoms with Crippen molar-refractivity contribution >= 4 is 20.8 Å². The normalized spacial score (nSPS) is 10.6. The molecule has 0 bridgehead atoms. The van der Waals surface area contributed by atoms with E-state index in [9.17, 15) is 16.8 Å². The van der Waals surface area contributed by atoms with E-state index in [2.05, 4.69) is 8.67 Å². The van der Waals surface area contributed by atoms with Crippen LogP contribution in [0.15, 0.2) is 0 Å². The molecule has 0 fully saturated rings. The molecule has 10 nitrogen and oxygen atoms in total. The molecule has 2 N–H and O–H groups in total. The van der Waals surface area contributed by atoms with E-state index in [1.165, 1.54) is 0 Å². The van der Waals surface area contributed by atoms with Gasteiger partial charge in [0.25, 0.3) is 0 Å². The zero-order valence-electron chi connectivity index (χ0n) is 6.02. The molecule has 0 atom stereocenters. The maximum atomic E-state index is 9.51. The van der Waals surface area contributed by atoms with Crippen molar-refractivity contribution in [3.05, 3.63) is 10.5 Å². The van der Waals surface area contributed by atoms with Gasteiger partial charge in [-0.2, -0.15) is 16.8 Å². The van der Waals surface area contributed by atoms with Crippen molar-refractivity contribution in [2.24, 2.45) is 0 Å². The maximum absolute atomic E-state index is 9.51. The summed E-state index contributed by atoms with van der Waals surface area (Å²) in [5, 5.41) is 0. The molecule has 0 unspecified atom stereocenters. The smallest absolute Gasteiger partial charge is 0.577 e. The Bertz CT molecular complexity index is 267. The van der Waals surface area contributed by atoms with Crippen LogP contribution in [0.25, 0.3) is 5.59 Å². The molecule has 0 aromatic heterocycles. The maximum Gasteiger partial charge on any atom is 1.00 e. The molecule has 0 rings (SSSR count). The average molecular weight is 263 g/mol. The van der Waals surface area contributed by atoms with Crippen LogP contribution in [0.2, 0.25) is 0 Å². The van der Waals surface area contributed by atoms with E-state index in [-0.39, 0.29) is 51.4 Å². The number of hydrogen-bond acceptors (Lipinski definition) is 7. The standard InChI is InChI=1S/K.NO.H2O8S2/c;1-2;1-9(2,3)7-8-10(4,5)6/h;;(H,1,2,3)(H,4,5,6)/q+1;-1;. The van der Waals surface area contributed by atoms with Gasteiger partial charge in [-0.1, -0.05) is 8.67 Å². The first kappa shape index (κ1) is 19.5. The van der Waals surface area contributed by atoms with Gasteiger partial charge in [-0.15, -0.1) is 0 Å². The van der Waals surface area contributed by atoms with Gasteiger partial charge in [0.05, 0.1) is 0 Å². The van der Waals surface area contributed by atoms with Gasteiger partial charge in [0.1, 0.15) is 0 Å². The van der Waals surface area contributed by atoms with Crippen LogP contribution >= 0.6 is 0 Å². The van der Waals surface area contributed by atoms with Crippen LogP contribution < -0.4 is 51.4 Å². The van der Waals surface area contributed by atoms with Crippen molar-refractivity contribution in [3.63, 3.8) is 0 Å². The van der Waals surface area contributed by atoms with Crippen molar-refractivity contribution in [2.75, 3.05) is 0 Å². The second-order valence-corrected chi connectivity index (χ2v) is 2.97. The Morgan fingerprint density at radius 2 is 1.00 bits per heavy atom. The Morgan fingerprint density at radius 3 is 1.08 bits per heavy atom. The second kappa shape index (κ2) is 8.30. The molecular formula is H2KNO9S2. The topological polar surface area (TPSA) is 167 Å². The van der Waals surface area contributed by atoms with Crippen LogP contribution in [0, 0.1) is 4.91 Å². The van der Waals surface area contributed by atoms with E-state index in [1.807, 2.05) is 0 Å². The summed E-state index contributed by atoms with van der Waals surface area (Å²) in [5.41, 5.74) is 5.75. The third-order valence-corrected chi connectivity index (χ3v) is 0.766. The fraction of sp³-hybridized carbons (Fsp3) is 0. The third kappa shape index (κ3) is 24.6. The summed E-state index contributed by atoms with van der Waals surface area (Å²) < 4.78 is 58.9.